The molecular formula is C4H5Cl3OS. The van der Waals surface area contributed by atoms with Gasteiger partial charge in [-0.1, -0.05) is 11.0 Å². The van der Waals surface area contributed by atoms with Gasteiger partial charge in [0.05, 0.1) is 0 Å². The van der Waals surface area contributed by atoms with E-state index in [1.807, 2.05) is 0 Å². The zero-order chi connectivity index (χ0) is 7.49. The molecule has 0 N–H and O–H groups in total. The summed E-state index contributed by atoms with van der Waals surface area (Å²) in [6, 6.07) is 0. The van der Waals surface area contributed by atoms with Crippen LogP contribution in [0.1, 0.15) is 6.92 Å². The number of hydrogen-bond donors (Lipinski definition) is 0. The fourth-order valence-corrected chi connectivity index (χ4v) is 1.63. The van der Waals surface area contributed by atoms with Crippen LogP contribution < -0.4 is 0 Å². The molecule has 0 bridgehead atoms. The second-order valence-electron chi connectivity index (χ2n) is 1.72. The smallest absolute Gasteiger partial charge is 0.243 e. The van der Waals surface area contributed by atoms with Crippen molar-refractivity contribution in [3.63, 3.8) is 0 Å². The van der Waals surface area contributed by atoms with Crippen molar-refractivity contribution in [1.82, 2.24) is 0 Å². The van der Waals surface area contributed by atoms with Crippen LogP contribution in [-0.4, -0.2) is 15.9 Å². The van der Waals surface area contributed by atoms with Crippen LogP contribution in [0, 0.1) is 0 Å². The number of rotatable bonds is 3. The topological polar surface area (TPSA) is 17.1 Å². The van der Waals surface area contributed by atoms with E-state index in [0.29, 0.717) is 5.75 Å². The van der Waals surface area contributed by atoms with Gasteiger partial charge in [0, 0.05) is 5.75 Å². The summed E-state index contributed by atoms with van der Waals surface area (Å²) in [5.74, 6) is 0.318. The molecule has 54 valence electrons. The van der Waals surface area contributed by atoms with Gasteiger partial charge in [0.15, 0.2) is 0 Å². The van der Waals surface area contributed by atoms with Gasteiger partial charge in [0.1, 0.15) is 4.87 Å². The average molecular weight is 208 g/mol. The van der Waals surface area contributed by atoms with E-state index in [1.165, 1.54) is 6.92 Å². The third-order valence-electron chi connectivity index (χ3n) is 0.735. The van der Waals surface area contributed by atoms with Crippen molar-refractivity contribution in [2.75, 3.05) is 5.75 Å². The maximum Gasteiger partial charge on any atom is 0.243 e. The SMILES string of the molecule is CC(Cl)(CSCl)C(=O)Cl. The Morgan fingerprint density at radius 3 is 2.33 bits per heavy atom. The lowest BCUT2D eigenvalue weighted by molar-refractivity contribution is -0.113. The number of carbonyl (C=O) groups excluding carboxylic acids is 1. The Labute approximate surface area is 72.5 Å². The predicted octanol–water partition coefficient (Wildman–Crippen LogP) is 2.64. The van der Waals surface area contributed by atoms with Gasteiger partial charge < -0.3 is 0 Å². The Morgan fingerprint density at radius 2 is 2.22 bits per heavy atom. The second-order valence-corrected chi connectivity index (χ2v) is 4.06. The molecule has 0 aromatic rings. The molecule has 0 amide bonds. The van der Waals surface area contributed by atoms with Crippen molar-refractivity contribution in [1.29, 1.82) is 0 Å². The van der Waals surface area contributed by atoms with Crippen molar-refractivity contribution >= 4 is 50.1 Å². The second kappa shape index (κ2) is 3.91. The van der Waals surface area contributed by atoms with Crippen molar-refractivity contribution in [2.24, 2.45) is 0 Å². The largest absolute Gasteiger partial charge is 0.279 e. The van der Waals surface area contributed by atoms with Gasteiger partial charge in [-0.3, -0.25) is 4.79 Å². The molecule has 0 aromatic carbocycles. The average Bonchev–Trinajstić information content (AvgIpc) is 1.65. The van der Waals surface area contributed by atoms with E-state index in [1.54, 1.807) is 0 Å². The number of carbonyl (C=O) groups is 1. The Balaban J connectivity index is 3.85. The molecule has 0 radical (unpaired) electrons. The molecule has 0 aliphatic heterocycles. The number of alkyl halides is 1. The van der Waals surface area contributed by atoms with E-state index in [4.69, 9.17) is 33.9 Å². The molecule has 0 saturated heterocycles. The first-order valence-corrected chi connectivity index (χ1v) is 4.70. The van der Waals surface area contributed by atoms with E-state index in [0.717, 1.165) is 11.0 Å². The highest BCUT2D eigenvalue weighted by Crippen LogP contribution is 2.24. The number of halogens is 3. The zero-order valence-electron chi connectivity index (χ0n) is 4.66. The zero-order valence-corrected chi connectivity index (χ0v) is 7.74. The van der Waals surface area contributed by atoms with Crippen molar-refractivity contribution < 1.29 is 4.79 Å². The Kier molecular flexibility index (Phi) is 4.30. The molecule has 0 saturated carbocycles. The highest BCUT2D eigenvalue weighted by atomic mass is 35.7. The van der Waals surface area contributed by atoms with E-state index < -0.39 is 10.1 Å². The summed E-state index contributed by atoms with van der Waals surface area (Å²) in [4.78, 5) is 9.40. The summed E-state index contributed by atoms with van der Waals surface area (Å²) in [7, 11) is 6.22. The van der Waals surface area contributed by atoms with Crippen LogP contribution in [-0.2, 0) is 4.79 Å². The van der Waals surface area contributed by atoms with Crippen molar-refractivity contribution in [3.8, 4) is 0 Å². The third-order valence-corrected chi connectivity index (χ3v) is 2.73. The summed E-state index contributed by atoms with van der Waals surface area (Å²) in [6.07, 6.45) is 0. The van der Waals surface area contributed by atoms with E-state index >= 15 is 0 Å². The highest BCUT2D eigenvalue weighted by Gasteiger charge is 2.28. The fourth-order valence-electron chi connectivity index (χ4n) is 0.159. The first-order chi connectivity index (χ1) is 4.00. The monoisotopic (exact) mass is 206 g/mol. The lowest BCUT2D eigenvalue weighted by Crippen LogP contribution is -2.26. The van der Waals surface area contributed by atoms with Crippen molar-refractivity contribution in [3.05, 3.63) is 0 Å². The quantitative estimate of drug-likeness (QED) is 0.523. The molecule has 0 heterocycles. The molecule has 0 aliphatic carbocycles. The first-order valence-electron chi connectivity index (χ1n) is 2.13. The first kappa shape index (κ1) is 9.89. The molecule has 0 rings (SSSR count). The standard InChI is InChI=1S/C4H5Cl3OS/c1-4(6,2-9-7)3(5)8/h2H2,1H3. The van der Waals surface area contributed by atoms with Gasteiger partial charge >= 0.3 is 0 Å². The number of hydrogen-bond acceptors (Lipinski definition) is 2. The molecule has 1 atom stereocenters. The summed E-state index contributed by atoms with van der Waals surface area (Å²) in [6.45, 7) is 1.53. The van der Waals surface area contributed by atoms with Crippen LogP contribution >= 0.6 is 44.9 Å². The van der Waals surface area contributed by atoms with Gasteiger partial charge in [-0.25, -0.2) is 0 Å². The van der Waals surface area contributed by atoms with E-state index in [2.05, 4.69) is 0 Å². The minimum Gasteiger partial charge on any atom is -0.279 e. The van der Waals surface area contributed by atoms with Crippen LogP contribution in [0.25, 0.3) is 0 Å². The summed E-state index contributed by atoms with van der Waals surface area (Å²) < 4.78 is 0. The highest BCUT2D eigenvalue weighted by molar-refractivity contribution is 8.21. The van der Waals surface area contributed by atoms with Crippen LogP contribution in [0.4, 0.5) is 0 Å². The molecule has 0 aromatic heterocycles. The van der Waals surface area contributed by atoms with E-state index in [-0.39, 0.29) is 0 Å². The minimum absolute atomic E-state index is 0.318. The molecular weight excluding hydrogens is 202 g/mol. The van der Waals surface area contributed by atoms with Crippen LogP contribution in [0.2, 0.25) is 0 Å². The van der Waals surface area contributed by atoms with Crippen molar-refractivity contribution in [2.45, 2.75) is 11.8 Å². The third kappa shape index (κ3) is 3.56. The van der Waals surface area contributed by atoms with Crippen LogP contribution in [0.3, 0.4) is 0 Å². The molecule has 0 spiro atoms. The molecule has 1 nitrogen and oxygen atoms in total. The van der Waals surface area contributed by atoms with Gasteiger partial charge in [0.2, 0.25) is 5.24 Å². The Bertz CT molecular complexity index is 114. The summed E-state index contributed by atoms with van der Waals surface area (Å²) in [5.41, 5.74) is 0. The van der Waals surface area contributed by atoms with Gasteiger partial charge in [-0.05, 0) is 29.2 Å². The Morgan fingerprint density at radius 1 is 1.78 bits per heavy atom. The minimum atomic E-state index is -1.02. The summed E-state index contributed by atoms with van der Waals surface area (Å²) in [5, 5.41) is -0.572. The van der Waals surface area contributed by atoms with Crippen LogP contribution in [0.15, 0.2) is 0 Å². The molecule has 1 unspecified atom stereocenters. The van der Waals surface area contributed by atoms with Gasteiger partial charge in [-0.15, -0.1) is 11.6 Å². The molecule has 0 fully saturated rings. The van der Waals surface area contributed by atoms with E-state index in [9.17, 15) is 4.79 Å². The normalized spacial score (nSPS) is 16.9. The summed E-state index contributed by atoms with van der Waals surface area (Å²) >= 11 is 10.7. The fraction of sp³-hybridized carbons (Fsp3) is 0.750. The lowest BCUT2D eigenvalue weighted by atomic mass is 10.2. The molecule has 0 aliphatic rings. The predicted molar refractivity (Wildman–Crippen MR) is 43.4 cm³/mol. The maximum atomic E-state index is 10.4. The maximum absolute atomic E-state index is 10.4. The lowest BCUT2D eigenvalue weighted by Gasteiger charge is -2.12. The van der Waals surface area contributed by atoms with Gasteiger partial charge in [0.25, 0.3) is 0 Å². The molecule has 9 heavy (non-hydrogen) atoms. The Hall–Kier alpha value is 0.890. The van der Waals surface area contributed by atoms with Gasteiger partial charge in [-0.2, -0.15) is 0 Å². The van der Waals surface area contributed by atoms with Crippen LogP contribution in [0.5, 0.6) is 0 Å². The molecule has 5 heteroatoms.